The van der Waals surface area contributed by atoms with Crippen LogP contribution in [0.25, 0.3) is 16.6 Å². The van der Waals surface area contributed by atoms with Gasteiger partial charge in [0.15, 0.2) is 0 Å². The Kier molecular flexibility index (Phi) is 7.30. The average Bonchev–Trinajstić information content (AvgIpc) is 3.12. The molecule has 10 heteroatoms. The van der Waals surface area contributed by atoms with Crippen LogP contribution in [0.4, 0.5) is 13.2 Å². The number of hydrogen-bond donors (Lipinski definition) is 1. The Labute approximate surface area is 217 Å². The highest BCUT2D eigenvalue weighted by molar-refractivity contribution is 6.36. The highest BCUT2D eigenvalue weighted by Gasteiger charge is 2.32. The molecule has 0 radical (unpaired) electrons. The van der Waals surface area contributed by atoms with Gasteiger partial charge in [-0.25, -0.2) is 0 Å². The van der Waals surface area contributed by atoms with Crippen LogP contribution in [0, 0.1) is 12.8 Å². The van der Waals surface area contributed by atoms with Gasteiger partial charge < -0.3 is 14.6 Å². The normalized spacial score (nSPS) is 15.0. The number of hydrogen-bond acceptors (Lipinski definition) is 3. The van der Waals surface area contributed by atoms with Gasteiger partial charge in [-0.1, -0.05) is 29.8 Å². The SMILES string of the molecule is C=C(c1ncc(Cl)c(Cc2cc3c(C)cc(C(F)(F)F)cc3n2C)c1Cl)N1CCC(CC(=O)O)CC1. The van der Waals surface area contributed by atoms with E-state index in [2.05, 4.69) is 11.6 Å². The van der Waals surface area contributed by atoms with Gasteiger partial charge in [0.25, 0.3) is 0 Å². The van der Waals surface area contributed by atoms with Crippen molar-refractivity contribution < 1.29 is 23.1 Å². The van der Waals surface area contributed by atoms with Crippen LogP contribution in [0.5, 0.6) is 0 Å². The van der Waals surface area contributed by atoms with Crippen molar-refractivity contribution in [1.82, 2.24) is 14.5 Å². The van der Waals surface area contributed by atoms with Gasteiger partial charge in [-0.2, -0.15) is 13.2 Å². The van der Waals surface area contributed by atoms with E-state index in [0.29, 0.717) is 57.6 Å². The number of carboxylic acid groups (broad SMARTS) is 1. The number of aliphatic carboxylic acids is 1. The molecule has 1 aliphatic heterocycles. The van der Waals surface area contributed by atoms with Crippen molar-refractivity contribution in [2.24, 2.45) is 13.0 Å². The van der Waals surface area contributed by atoms with Crippen LogP contribution in [-0.2, 0) is 24.4 Å². The molecule has 0 bridgehead atoms. The van der Waals surface area contributed by atoms with Crippen molar-refractivity contribution in [1.29, 1.82) is 0 Å². The molecule has 1 aliphatic rings. The number of aryl methyl sites for hydroxylation is 2. The van der Waals surface area contributed by atoms with Crippen LogP contribution in [0.15, 0.2) is 31.0 Å². The maximum absolute atomic E-state index is 13.3. The largest absolute Gasteiger partial charge is 0.481 e. The fourth-order valence-corrected chi connectivity index (χ4v) is 5.43. The van der Waals surface area contributed by atoms with Crippen molar-refractivity contribution in [3.05, 3.63) is 69.1 Å². The molecule has 0 unspecified atom stereocenters. The smallest absolute Gasteiger partial charge is 0.416 e. The van der Waals surface area contributed by atoms with Crippen LogP contribution in [0.1, 0.15) is 47.3 Å². The molecule has 192 valence electrons. The Morgan fingerprint density at radius 3 is 2.50 bits per heavy atom. The Hall–Kier alpha value is -2.71. The van der Waals surface area contributed by atoms with Gasteiger partial charge in [-0.3, -0.25) is 9.78 Å². The monoisotopic (exact) mass is 539 g/mol. The Bertz CT molecular complexity index is 1340. The van der Waals surface area contributed by atoms with Crippen LogP contribution in [0.3, 0.4) is 0 Å². The molecule has 3 heterocycles. The molecule has 5 nitrogen and oxygen atoms in total. The van der Waals surface area contributed by atoms with Gasteiger partial charge >= 0.3 is 12.1 Å². The van der Waals surface area contributed by atoms with Crippen molar-refractivity contribution in [2.45, 2.75) is 38.8 Å². The third kappa shape index (κ3) is 5.20. The van der Waals surface area contributed by atoms with E-state index in [-0.39, 0.29) is 12.3 Å². The summed E-state index contributed by atoms with van der Waals surface area (Å²) in [7, 11) is 1.72. The summed E-state index contributed by atoms with van der Waals surface area (Å²) in [6.45, 7) is 7.14. The molecule has 1 N–H and O–H groups in total. The zero-order valence-electron chi connectivity index (χ0n) is 19.9. The summed E-state index contributed by atoms with van der Waals surface area (Å²) in [5, 5.41) is 10.5. The highest BCUT2D eigenvalue weighted by Crippen LogP contribution is 2.37. The van der Waals surface area contributed by atoms with E-state index in [9.17, 15) is 18.0 Å². The van der Waals surface area contributed by atoms with Gasteiger partial charge in [-0.05, 0) is 55.0 Å². The minimum atomic E-state index is -4.43. The second-order valence-corrected chi connectivity index (χ2v) is 10.1. The number of benzene rings is 1. The summed E-state index contributed by atoms with van der Waals surface area (Å²) < 4.78 is 41.8. The number of carboxylic acids is 1. The van der Waals surface area contributed by atoms with Crippen molar-refractivity contribution >= 4 is 45.8 Å². The zero-order valence-corrected chi connectivity index (χ0v) is 21.4. The molecule has 0 aliphatic carbocycles. The lowest BCUT2D eigenvalue weighted by molar-refractivity contribution is -0.139. The molecule has 0 atom stereocenters. The van der Waals surface area contributed by atoms with E-state index in [4.69, 9.17) is 28.3 Å². The van der Waals surface area contributed by atoms with Crippen LogP contribution in [-0.4, -0.2) is 38.6 Å². The molecule has 0 amide bonds. The summed E-state index contributed by atoms with van der Waals surface area (Å²) >= 11 is 13.2. The number of halogens is 5. The van der Waals surface area contributed by atoms with Crippen LogP contribution < -0.4 is 0 Å². The predicted molar refractivity (Wildman–Crippen MR) is 135 cm³/mol. The van der Waals surface area contributed by atoms with Gasteiger partial charge in [0.2, 0.25) is 0 Å². The highest BCUT2D eigenvalue weighted by atomic mass is 35.5. The molecule has 4 rings (SSSR count). The van der Waals surface area contributed by atoms with E-state index in [1.807, 2.05) is 11.0 Å². The standard InChI is InChI=1S/C26H26Cl2F3N3O2/c1-14-8-17(26(29,30)31)10-22-19(14)11-18(33(22)3)12-20-21(27)13-32-25(24(20)28)15(2)34-6-4-16(5-7-34)9-23(35)36/h8,10-11,13,16H,2,4-7,9,12H2,1,3H3,(H,35,36). The first-order chi connectivity index (χ1) is 16.9. The quantitative estimate of drug-likeness (QED) is 0.368. The fraction of sp³-hybridized carbons (Fsp3) is 0.385. The number of likely N-dealkylation sites (tertiary alicyclic amines) is 1. The minimum Gasteiger partial charge on any atom is -0.481 e. The van der Waals surface area contributed by atoms with Crippen LogP contribution in [0.2, 0.25) is 10.0 Å². The van der Waals surface area contributed by atoms with Crippen molar-refractivity contribution in [3.8, 4) is 0 Å². The van der Waals surface area contributed by atoms with E-state index in [1.54, 1.807) is 18.5 Å². The first-order valence-electron chi connectivity index (χ1n) is 11.5. The van der Waals surface area contributed by atoms with Gasteiger partial charge in [0.1, 0.15) is 5.69 Å². The molecule has 2 aromatic heterocycles. The number of piperidine rings is 1. The molecule has 36 heavy (non-hydrogen) atoms. The Morgan fingerprint density at radius 1 is 1.22 bits per heavy atom. The average molecular weight is 540 g/mol. The lowest BCUT2D eigenvalue weighted by Gasteiger charge is -2.34. The third-order valence-electron chi connectivity index (χ3n) is 6.95. The van der Waals surface area contributed by atoms with Gasteiger partial charge in [-0.15, -0.1) is 0 Å². The maximum atomic E-state index is 13.3. The van der Waals surface area contributed by atoms with E-state index < -0.39 is 17.7 Å². The Morgan fingerprint density at radius 2 is 1.89 bits per heavy atom. The third-order valence-corrected chi connectivity index (χ3v) is 7.69. The van der Waals surface area contributed by atoms with Gasteiger partial charge in [0, 0.05) is 55.8 Å². The summed E-state index contributed by atoms with van der Waals surface area (Å²) in [4.78, 5) is 17.5. The second kappa shape index (κ2) is 9.98. The summed E-state index contributed by atoms with van der Waals surface area (Å²) in [6, 6.07) is 4.17. The first-order valence-corrected chi connectivity index (χ1v) is 12.3. The number of nitrogens with zero attached hydrogens (tertiary/aromatic N) is 3. The molecular weight excluding hydrogens is 514 g/mol. The molecule has 0 spiro atoms. The molecular formula is C26H26Cl2F3N3O2. The fourth-order valence-electron chi connectivity index (χ4n) is 4.85. The lowest BCUT2D eigenvalue weighted by atomic mass is 9.93. The maximum Gasteiger partial charge on any atom is 0.416 e. The lowest BCUT2D eigenvalue weighted by Crippen LogP contribution is -2.33. The number of alkyl halides is 3. The second-order valence-electron chi connectivity index (χ2n) is 9.32. The minimum absolute atomic E-state index is 0.128. The zero-order chi connectivity index (χ0) is 26.4. The molecule has 1 fully saturated rings. The molecule has 1 saturated heterocycles. The number of carbonyl (C=O) groups is 1. The first kappa shape index (κ1) is 26.4. The Balaban J connectivity index is 1.62. The van der Waals surface area contributed by atoms with Crippen LogP contribution >= 0.6 is 23.2 Å². The van der Waals surface area contributed by atoms with Crippen molar-refractivity contribution in [2.75, 3.05) is 13.1 Å². The topological polar surface area (TPSA) is 58.4 Å². The van der Waals surface area contributed by atoms with E-state index in [0.717, 1.165) is 36.1 Å². The number of pyridine rings is 1. The van der Waals surface area contributed by atoms with E-state index >= 15 is 0 Å². The van der Waals surface area contributed by atoms with Gasteiger partial charge in [0.05, 0.1) is 21.3 Å². The number of fused-ring (bicyclic) bond motifs is 1. The van der Waals surface area contributed by atoms with E-state index in [1.165, 1.54) is 6.20 Å². The summed E-state index contributed by atoms with van der Waals surface area (Å²) in [6.07, 6.45) is -1.00. The molecule has 3 aromatic rings. The molecule has 0 saturated carbocycles. The predicted octanol–water partition coefficient (Wildman–Crippen LogP) is 6.96. The van der Waals surface area contributed by atoms with Crippen molar-refractivity contribution in [3.63, 3.8) is 0 Å². The summed E-state index contributed by atoms with van der Waals surface area (Å²) in [5.41, 5.74) is 2.82. The molecule has 1 aromatic carbocycles. The number of rotatable bonds is 6. The number of aromatic nitrogens is 2. The summed E-state index contributed by atoms with van der Waals surface area (Å²) in [5.74, 6) is -0.666.